The van der Waals surface area contributed by atoms with Gasteiger partial charge >= 0.3 is 0 Å². The van der Waals surface area contributed by atoms with Crippen LogP contribution in [0.2, 0.25) is 0 Å². The Labute approximate surface area is 267 Å². The second-order valence-electron chi connectivity index (χ2n) is 11.2. The predicted molar refractivity (Wildman–Crippen MR) is 167 cm³/mol. The fourth-order valence-electron chi connectivity index (χ4n) is 5.66. The van der Waals surface area contributed by atoms with E-state index in [9.17, 15) is 26.3 Å². The molecule has 11 heteroatoms. The van der Waals surface area contributed by atoms with E-state index < -0.39 is 37.6 Å². The van der Waals surface area contributed by atoms with Crippen molar-refractivity contribution in [2.75, 3.05) is 47.0 Å². The van der Waals surface area contributed by atoms with Crippen molar-refractivity contribution >= 4 is 0 Å². The number of halogens is 6. The summed E-state index contributed by atoms with van der Waals surface area (Å²) in [4.78, 5) is 0. The first-order valence-electron chi connectivity index (χ1n) is 15.0. The van der Waals surface area contributed by atoms with Gasteiger partial charge in [0.05, 0.1) is 18.3 Å². The van der Waals surface area contributed by atoms with Crippen molar-refractivity contribution in [1.29, 1.82) is 0 Å². The zero-order valence-corrected chi connectivity index (χ0v) is 25.6. The van der Waals surface area contributed by atoms with Crippen molar-refractivity contribution in [2.24, 2.45) is 0 Å². The number of nitrogens with one attached hydrogen (secondary N) is 2. The summed E-state index contributed by atoms with van der Waals surface area (Å²) in [5.41, 5.74) is 2.14. The molecule has 0 aliphatic carbocycles. The van der Waals surface area contributed by atoms with Crippen LogP contribution in [0.15, 0.2) is 72.8 Å². The second-order valence-corrected chi connectivity index (χ2v) is 11.2. The van der Waals surface area contributed by atoms with Crippen molar-refractivity contribution in [3.63, 3.8) is 0 Å². The monoisotopic (exact) mass is 654 g/mol. The smallest absolute Gasteiger partial charge is 0.296 e. The molecule has 3 aliphatic heterocycles. The Morgan fingerprint density at radius 1 is 0.565 bits per heavy atom. The SMILES string of the molecule is C.CCCC1OCC(F)(F)c2ccccc21.CNC[C@@H]1OCC(F)(F)c2ccccc21.CNC[C@H]1OCC(F)(F)c2ccccc21. The largest absolute Gasteiger partial charge is 0.367 e. The highest BCUT2D eigenvalue weighted by Crippen LogP contribution is 2.42. The molecule has 1 unspecified atom stereocenters. The third kappa shape index (κ3) is 8.68. The van der Waals surface area contributed by atoms with E-state index in [2.05, 4.69) is 10.6 Å². The molecule has 0 aromatic heterocycles. The molecule has 0 saturated carbocycles. The topological polar surface area (TPSA) is 51.8 Å². The van der Waals surface area contributed by atoms with Gasteiger partial charge in [0.1, 0.15) is 19.8 Å². The first-order valence-corrected chi connectivity index (χ1v) is 15.0. The van der Waals surface area contributed by atoms with Crippen LogP contribution in [0.25, 0.3) is 0 Å². The van der Waals surface area contributed by atoms with Crippen molar-refractivity contribution in [2.45, 2.75) is 63.3 Å². The third-order valence-electron chi connectivity index (χ3n) is 7.83. The van der Waals surface area contributed by atoms with Crippen LogP contribution < -0.4 is 10.6 Å². The quantitative estimate of drug-likeness (QED) is 0.262. The van der Waals surface area contributed by atoms with Crippen LogP contribution in [0, 0.1) is 0 Å². The van der Waals surface area contributed by atoms with Crippen LogP contribution in [-0.2, 0) is 32.0 Å². The first kappa shape index (κ1) is 37.5. The van der Waals surface area contributed by atoms with Crippen LogP contribution in [0.3, 0.4) is 0 Å². The van der Waals surface area contributed by atoms with Gasteiger partial charge in [0.15, 0.2) is 0 Å². The van der Waals surface area contributed by atoms with Gasteiger partial charge in [0.25, 0.3) is 17.8 Å². The average Bonchev–Trinajstić information content (AvgIpc) is 3.03. The second kappa shape index (κ2) is 16.2. The lowest BCUT2D eigenvalue weighted by atomic mass is 9.93. The Morgan fingerprint density at radius 3 is 1.20 bits per heavy atom. The van der Waals surface area contributed by atoms with Crippen LogP contribution in [0.5, 0.6) is 0 Å². The minimum Gasteiger partial charge on any atom is -0.367 e. The zero-order chi connectivity index (χ0) is 32.7. The molecule has 0 saturated heterocycles. The molecule has 2 N–H and O–H groups in total. The lowest BCUT2D eigenvalue weighted by Crippen LogP contribution is -2.33. The Morgan fingerprint density at radius 2 is 0.870 bits per heavy atom. The fourth-order valence-corrected chi connectivity index (χ4v) is 5.66. The van der Waals surface area contributed by atoms with E-state index in [1.54, 1.807) is 68.7 Å². The van der Waals surface area contributed by atoms with E-state index in [-0.39, 0.29) is 42.4 Å². The van der Waals surface area contributed by atoms with Gasteiger partial charge < -0.3 is 24.8 Å². The van der Waals surface area contributed by atoms with Crippen molar-refractivity contribution in [3.8, 4) is 0 Å². The molecule has 0 fully saturated rings. The predicted octanol–water partition coefficient (Wildman–Crippen LogP) is 8.42. The third-order valence-corrected chi connectivity index (χ3v) is 7.83. The van der Waals surface area contributed by atoms with Crippen LogP contribution in [-0.4, -0.2) is 47.0 Å². The van der Waals surface area contributed by atoms with Crippen LogP contribution >= 0.6 is 0 Å². The Kier molecular flexibility index (Phi) is 13.2. The number of benzene rings is 3. The molecule has 3 atom stereocenters. The van der Waals surface area contributed by atoms with Gasteiger partial charge in [-0.05, 0) is 37.2 Å². The molecule has 254 valence electrons. The average molecular weight is 655 g/mol. The van der Waals surface area contributed by atoms with Gasteiger partial charge in [0, 0.05) is 29.8 Å². The molecule has 3 heterocycles. The molecular weight excluding hydrogens is 610 g/mol. The highest BCUT2D eigenvalue weighted by atomic mass is 19.3. The number of ether oxygens (including phenoxy) is 3. The Bertz CT molecular complexity index is 1220. The summed E-state index contributed by atoms with van der Waals surface area (Å²) >= 11 is 0. The summed E-state index contributed by atoms with van der Waals surface area (Å²) in [6.07, 6.45) is 1.03. The van der Waals surface area contributed by atoms with Crippen molar-refractivity contribution < 1.29 is 40.6 Å². The fraction of sp³-hybridized carbons (Fsp3) is 0.486. The maximum atomic E-state index is 13.5. The summed E-state index contributed by atoms with van der Waals surface area (Å²) in [5.74, 6) is -8.55. The zero-order valence-electron chi connectivity index (χ0n) is 25.6. The molecule has 0 amide bonds. The molecule has 0 bridgehead atoms. The highest BCUT2D eigenvalue weighted by molar-refractivity contribution is 5.36. The van der Waals surface area contributed by atoms with E-state index in [1.807, 2.05) is 6.92 Å². The molecule has 3 aromatic rings. The molecule has 0 radical (unpaired) electrons. The standard InChI is InChI=1S/C12H14F2O.2C11H13F2NO.CH4/c1-2-5-11-9-6-3-4-7-10(9)12(13,14)8-15-11;2*1-14-6-10-8-4-2-3-5-9(8)11(12,13)7-15-10;/h3-4,6-7,11H,2,5,8H2,1H3;2*2-5,10,14H,6-7H2,1H3;1H4/t;2*10-;/m.10./s1. The molecule has 3 aromatic carbocycles. The van der Waals surface area contributed by atoms with Gasteiger partial charge in [-0.15, -0.1) is 0 Å². The maximum Gasteiger partial charge on any atom is 0.296 e. The summed E-state index contributed by atoms with van der Waals surface area (Å²) in [7, 11) is 3.55. The number of hydrogen-bond donors (Lipinski definition) is 2. The summed E-state index contributed by atoms with van der Waals surface area (Å²) < 4.78 is 96.3. The van der Waals surface area contributed by atoms with Gasteiger partial charge in [-0.3, -0.25) is 0 Å². The van der Waals surface area contributed by atoms with Gasteiger partial charge in [-0.2, -0.15) is 26.3 Å². The van der Waals surface area contributed by atoms with E-state index in [1.165, 1.54) is 18.2 Å². The van der Waals surface area contributed by atoms with E-state index in [0.29, 0.717) is 29.8 Å². The van der Waals surface area contributed by atoms with Crippen LogP contribution in [0.4, 0.5) is 26.3 Å². The number of rotatable bonds is 6. The maximum absolute atomic E-state index is 13.5. The number of hydrogen-bond acceptors (Lipinski definition) is 5. The van der Waals surface area contributed by atoms with E-state index in [4.69, 9.17) is 14.2 Å². The van der Waals surface area contributed by atoms with Crippen molar-refractivity contribution in [1.82, 2.24) is 10.6 Å². The summed E-state index contributed by atoms with van der Waals surface area (Å²) in [5, 5.41) is 5.87. The molecule has 0 spiro atoms. The minimum absolute atomic E-state index is 0. The molecular formula is C35H44F6N2O3. The lowest BCUT2D eigenvalue weighted by Gasteiger charge is -2.31. The number of fused-ring (bicyclic) bond motifs is 3. The molecule has 6 rings (SSSR count). The molecule has 3 aliphatic rings. The first-order chi connectivity index (χ1) is 21.4. The molecule has 46 heavy (non-hydrogen) atoms. The Balaban J connectivity index is 0.000000186. The van der Waals surface area contributed by atoms with E-state index in [0.717, 1.165) is 12.8 Å². The number of alkyl halides is 6. The van der Waals surface area contributed by atoms with Crippen molar-refractivity contribution in [3.05, 3.63) is 106 Å². The van der Waals surface area contributed by atoms with E-state index >= 15 is 0 Å². The number of likely N-dealkylation sites (N-methyl/N-ethyl adjacent to an activating group) is 2. The summed E-state index contributed by atoms with van der Waals surface area (Å²) in [6.45, 7) is 1.57. The summed E-state index contributed by atoms with van der Waals surface area (Å²) in [6, 6.07) is 19.8. The highest BCUT2D eigenvalue weighted by Gasteiger charge is 2.42. The molecule has 5 nitrogen and oxygen atoms in total. The minimum atomic E-state index is -2.86. The normalized spacial score (nSPS) is 23.0. The van der Waals surface area contributed by atoms with Gasteiger partial charge in [-0.25, -0.2) is 0 Å². The van der Waals surface area contributed by atoms with Crippen LogP contribution in [0.1, 0.15) is 78.9 Å². The van der Waals surface area contributed by atoms with Gasteiger partial charge in [-0.1, -0.05) is 93.6 Å². The van der Waals surface area contributed by atoms with Gasteiger partial charge in [0.2, 0.25) is 0 Å². The Hall–Kier alpha value is -2.96. The lowest BCUT2D eigenvalue weighted by molar-refractivity contribution is -0.126.